The first-order valence-corrected chi connectivity index (χ1v) is 8.36. The fraction of sp³-hybridized carbons (Fsp3) is 0.500. The van der Waals surface area contributed by atoms with E-state index in [2.05, 4.69) is 10.1 Å². The molecule has 0 bridgehead atoms. The molecule has 7 heteroatoms. The lowest BCUT2D eigenvalue weighted by Crippen LogP contribution is -2.20. The minimum atomic E-state index is -0.374. The largest absolute Gasteiger partial charge is 0.465 e. The molecule has 0 saturated carbocycles. The molecule has 2 N–H and O–H groups in total. The molecule has 1 atom stereocenters. The normalized spacial score (nSPS) is 12.2. The number of rotatable bonds is 8. The second-order valence-electron chi connectivity index (χ2n) is 6.02. The SMILES string of the molecule is COC(=O)c1cc(C)nc(-c2cnn(C)c2CCCO[C@@H](C)CN)c1. The number of aromatic nitrogens is 3. The molecule has 0 radical (unpaired) electrons. The first-order valence-electron chi connectivity index (χ1n) is 8.36. The summed E-state index contributed by atoms with van der Waals surface area (Å²) in [6.07, 6.45) is 3.49. The third kappa shape index (κ3) is 4.87. The maximum absolute atomic E-state index is 11.8. The van der Waals surface area contributed by atoms with E-state index in [0.717, 1.165) is 35.5 Å². The molecule has 2 aromatic rings. The minimum Gasteiger partial charge on any atom is -0.465 e. The average Bonchev–Trinajstić information content (AvgIpc) is 2.97. The molecule has 2 aromatic heterocycles. The number of esters is 1. The summed E-state index contributed by atoms with van der Waals surface area (Å²) in [6, 6.07) is 3.46. The zero-order valence-corrected chi connectivity index (χ0v) is 15.3. The Hall–Kier alpha value is -2.25. The van der Waals surface area contributed by atoms with Gasteiger partial charge >= 0.3 is 5.97 Å². The number of nitrogens with zero attached hydrogens (tertiary/aromatic N) is 3. The molecule has 0 amide bonds. The van der Waals surface area contributed by atoms with Crippen LogP contribution in [0.4, 0.5) is 0 Å². The predicted octanol–water partition coefficient (Wildman–Crippen LogP) is 1.87. The Kier molecular flexibility index (Phi) is 6.66. The van der Waals surface area contributed by atoms with Crippen LogP contribution in [0.2, 0.25) is 0 Å². The summed E-state index contributed by atoms with van der Waals surface area (Å²) < 4.78 is 12.3. The van der Waals surface area contributed by atoms with Crippen LogP contribution in [0.1, 0.15) is 35.1 Å². The van der Waals surface area contributed by atoms with Crippen LogP contribution in [0.15, 0.2) is 18.3 Å². The number of carbonyl (C=O) groups excluding carboxylic acids is 1. The Bertz CT molecular complexity index is 727. The van der Waals surface area contributed by atoms with E-state index in [1.165, 1.54) is 7.11 Å². The third-order valence-electron chi connectivity index (χ3n) is 4.00. The fourth-order valence-corrected chi connectivity index (χ4v) is 2.61. The van der Waals surface area contributed by atoms with E-state index < -0.39 is 0 Å². The summed E-state index contributed by atoms with van der Waals surface area (Å²) in [7, 11) is 3.27. The van der Waals surface area contributed by atoms with Crippen LogP contribution in [0.5, 0.6) is 0 Å². The molecule has 0 unspecified atom stereocenters. The quantitative estimate of drug-likeness (QED) is 0.579. The van der Waals surface area contributed by atoms with Crippen molar-refractivity contribution in [2.45, 2.75) is 32.8 Å². The highest BCUT2D eigenvalue weighted by Gasteiger charge is 2.15. The number of pyridine rings is 1. The molecule has 0 aromatic carbocycles. The molecular formula is C18H26N4O3. The van der Waals surface area contributed by atoms with Gasteiger partial charge in [0, 0.05) is 37.2 Å². The van der Waals surface area contributed by atoms with Crippen LogP contribution >= 0.6 is 0 Å². The van der Waals surface area contributed by atoms with Gasteiger partial charge < -0.3 is 15.2 Å². The van der Waals surface area contributed by atoms with Gasteiger partial charge in [0.15, 0.2) is 0 Å². The summed E-state index contributed by atoms with van der Waals surface area (Å²) >= 11 is 0. The maximum Gasteiger partial charge on any atom is 0.337 e. The van der Waals surface area contributed by atoms with Crippen molar-refractivity contribution in [2.75, 3.05) is 20.3 Å². The lowest BCUT2D eigenvalue weighted by molar-refractivity contribution is 0.0600. The van der Waals surface area contributed by atoms with E-state index in [-0.39, 0.29) is 12.1 Å². The van der Waals surface area contributed by atoms with Gasteiger partial charge in [-0.15, -0.1) is 0 Å². The van der Waals surface area contributed by atoms with Gasteiger partial charge in [-0.3, -0.25) is 9.67 Å². The van der Waals surface area contributed by atoms with Gasteiger partial charge in [0.1, 0.15) is 0 Å². The van der Waals surface area contributed by atoms with Crippen LogP contribution in [-0.2, 0) is 22.9 Å². The lowest BCUT2D eigenvalue weighted by Gasteiger charge is -2.11. The molecule has 7 nitrogen and oxygen atoms in total. The van der Waals surface area contributed by atoms with Crippen molar-refractivity contribution in [3.63, 3.8) is 0 Å². The second kappa shape index (κ2) is 8.73. The van der Waals surface area contributed by atoms with Gasteiger partial charge in [0.25, 0.3) is 0 Å². The van der Waals surface area contributed by atoms with E-state index in [1.54, 1.807) is 18.3 Å². The topological polar surface area (TPSA) is 92.3 Å². The number of nitrogens with two attached hydrogens (primary N) is 1. The Morgan fingerprint density at radius 1 is 1.40 bits per heavy atom. The monoisotopic (exact) mass is 346 g/mol. The Morgan fingerprint density at radius 2 is 2.16 bits per heavy atom. The van der Waals surface area contributed by atoms with Gasteiger partial charge in [-0.05, 0) is 38.8 Å². The first kappa shape index (κ1) is 19.1. The van der Waals surface area contributed by atoms with Crippen LogP contribution < -0.4 is 5.73 Å². The highest BCUT2D eigenvalue weighted by molar-refractivity contribution is 5.90. The standard InChI is InChI=1S/C18H26N4O3/c1-12-8-14(18(23)24-4)9-16(21-12)15-11-20-22(3)17(15)6-5-7-25-13(2)10-19/h8-9,11,13H,5-7,10,19H2,1-4H3/t13-/m0/s1. The smallest absolute Gasteiger partial charge is 0.337 e. The van der Waals surface area contributed by atoms with Crippen LogP contribution in [0, 0.1) is 6.92 Å². The number of aryl methyl sites for hydroxylation is 2. The van der Waals surface area contributed by atoms with E-state index in [9.17, 15) is 4.79 Å². The van der Waals surface area contributed by atoms with Crippen molar-refractivity contribution in [1.82, 2.24) is 14.8 Å². The molecule has 0 aliphatic rings. The van der Waals surface area contributed by atoms with Gasteiger partial charge in [0.2, 0.25) is 0 Å². The van der Waals surface area contributed by atoms with Gasteiger partial charge in [-0.2, -0.15) is 5.10 Å². The molecule has 2 rings (SSSR count). The molecule has 0 aliphatic heterocycles. The molecule has 2 heterocycles. The van der Waals surface area contributed by atoms with Crippen LogP contribution in [-0.4, -0.2) is 47.1 Å². The predicted molar refractivity (Wildman–Crippen MR) is 95.3 cm³/mol. The zero-order valence-electron chi connectivity index (χ0n) is 15.3. The van der Waals surface area contributed by atoms with E-state index >= 15 is 0 Å². The number of hydrogen-bond acceptors (Lipinski definition) is 6. The summed E-state index contributed by atoms with van der Waals surface area (Å²) in [5, 5.41) is 4.35. The Morgan fingerprint density at radius 3 is 2.84 bits per heavy atom. The van der Waals surface area contributed by atoms with Crippen LogP contribution in [0.25, 0.3) is 11.3 Å². The molecule has 0 aliphatic carbocycles. The molecule has 0 fully saturated rings. The van der Waals surface area contributed by atoms with Gasteiger partial charge in [0.05, 0.1) is 30.7 Å². The summed E-state index contributed by atoms with van der Waals surface area (Å²) in [5.74, 6) is -0.374. The molecule has 0 spiro atoms. The number of hydrogen-bond donors (Lipinski definition) is 1. The van der Waals surface area contributed by atoms with Crippen molar-refractivity contribution in [1.29, 1.82) is 0 Å². The Labute approximate surface area is 148 Å². The zero-order chi connectivity index (χ0) is 18.4. The first-order chi connectivity index (χ1) is 12.0. The van der Waals surface area contributed by atoms with Crippen molar-refractivity contribution in [2.24, 2.45) is 12.8 Å². The maximum atomic E-state index is 11.8. The van der Waals surface area contributed by atoms with Crippen molar-refractivity contribution < 1.29 is 14.3 Å². The molecular weight excluding hydrogens is 320 g/mol. The van der Waals surface area contributed by atoms with E-state index in [1.807, 2.05) is 25.6 Å². The van der Waals surface area contributed by atoms with Crippen molar-refractivity contribution in [3.05, 3.63) is 35.3 Å². The summed E-state index contributed by atoms with van der Waals surface area (Å²) in [5.41, 5.74) is 9.49. The van der Waals surface area contributed by atoms with Crippen molar-refractivity contribution >= 4 is 5.97 Å². The minimum absolute atomic E-state index is 0.0621. The van der Waals surface area contributed by atoms with Crippen LogP contribution in [0.3, 0.4) is 0 Å². The lowest BCUT2D eigenvalue weighted by atomic mass is 10.1. The van der Waals surface area contributed by atoms with Crippen molar-refractivity contribution in [3.8, 4) is 11.3 Å². The van der Waals surface area contributed by atoms with E-state index in [0.29, 0.717) is 18.7 Å². The fourth-order valence-electron chi connectivity index (χ4n) is 2.61. The number of carbonyl (C=O) groups is 1. The highest BCUT2D eigenvalue weighted by Crippen LogP contribution is 2.24. The average molecular weight is 346 g/mol. The van der Waals surface area contributed by atoms with Gasteiger partial charge in [-0.25, -0.2) is 4.79 Å². The number of methoxy groups -OCH3 is 1. The Balaban J connectivity index is 2.20. The molecule has 136 valence electrons. The molecule has 0 saturated heterocycles. The highest BCUT2D eigenvalue weighted by atomic mass is 16.5. The summed E-state index contributed by atoms with van der Waals surface area (Å²) in [6.45, 7) is 4.96. The second-order valence-corrected chi connectivity index (χ2v) is 6.02. The van der Waals surface area contributed by atoms with Gasteiger partial charge in [-0.1, -0.05) is 0 Å². The number of ether oxygens (including phenoxy) is 2. The third-order valence-corrected chi connectivity index (χ3v) is 4.00. The molecule has 25 heavy (non-hydrogen) atoms. The summed E-state index contributed by atoms with van der Waals surface area (Å²) in [4.78, 5) is 16.4. The van der Waals surface area contributed by atoms with E-state index in [4.69, 9.17) is 15.2 Å².